The minimum absolute atomic E-state index is 0.759. The minimum atomic E-state index is 0.759. The second kappa shape index (κ2) is 5.92. The first kappa shape index (κ1) is 11.5. The van der Waals surface area contributed by atoms with E-state index in [9.17, 15) is 0 Å². The number of hydrogen-bond donors (Lipinski definition) is 0. The van der Waals surface area contributed by atoms with E-state index < -0.39 is 0 Å². The van der Waals surface area contributed by atoms with E-state index in [1.807, 2.05) is 54.6 Å². The minimum Gasteiger partial charge on any atom is -0.457 e. The Hall–Kier alpha value is -2.00. The molecule has 3 heteroatoms. The van der Waals surface area contributed by atoms with Crippen molar-refractivity contribution in [3.05, 3.63) is 54.6 Å². The van der Waals surface area contributed by atoms with Gasteiger partial charge >= 0.3 is 0 Å². The largest absolute Gasteiger partial charge is 0.457 e. The first-order chi connectivity index (χ1) is 8.38. The van der Waals surface area contributed by atoms with Crippen molar-refractivity contribution in [1.29, 1.82) is 0 Å². The summed E-state index contributed by atoms with van der Waals surface area (Å²) in [5.41, 5.74) is 0.819. The summed E-state index contributed by atoms with van der Waals surface area (Å²) in [4.78, 5) is 4.16. The maximum absolute atomic E-state index is 5.69. The molecular weight excluding hydrogens is 230 g/mol. The Morgan fingerprint density at radius 3 is 2.47 bits per heavy atom. The highest BCUT2D eigenvalue weighted by molar-refractivity contribution is 7.80. The Morgan fingerprint density at radius 1 is 0.941 bits per heavy atom. The third-order valence-corrected chi connectivity index (χ3v) is 2.20. The summed E-state index contributed by atoms with van der Waals surface area (Å²) in [5.74, 6) is 1.57. The number of thiocarbonyl (C=S) groups is 1. The summed E-state index contributed by atoms with van der Waals surface area (Å²) < 4.78 is 5.69. The molecule has 0 radical (unpaired) electrons. The fourth-order valence-electron chi connectivity index (χ4n) is 1.37. The molecule has 0 bridgehead atoms. The fourth-order valence-corrected chi connectivity index (χ4v) is 1.43. The van der Waals surface area contributed by atoms with Crippen molar-refractivity contribution in [2.24, 2.45) is 4.99 Å². The number of para-hydroxylation sites is 1. The van der Waals surface area contributed by atoms with Crippen LogP contribution >= 0.6 is 12.2 Å². The van der Waals surface area contributed by atoms with Crippen LogP contribution in [0.15, 0.2) is 59.6 Å². The molecule has 0 saturated carbocycles. The lowest BCUT2D eigenvalue weighted by atomic mass is 10.3. The summed E-state index contributed by atoms with van der Waals surface area (Å²) in [7, 11) is 0. The van der Waals surface area contributed by atoms with Crippen molar-refractivity contribution < 1.29 is 4.74 Å². The van der Waals surface area contributed by atoms with Crippen LogP contribution < -0.4 is 4.74 Å². The molecule has 0 aliphatic rings. The molecule has 0 saturated heterocycles. The van der Waals surface area contributed by atoms with Gasteiger partial charge in [-0.3, -0.25) is 4.99 Å². The maximum atomic E-state index is 5.69. The van der Waals surface area contributed by atoms with E-state index in [0.29, 0.717) is 0 Å². The van der Waals surface area contributed by atoms with Gasteiger partial charge in [0.05, 0.1) is 5.69 Å². The molecule has 0 amide bonds. The van der Waals surface area contributed by atoms with Crippen molar-refractivity contribution in [3.63, 3.8) is 0 Å². The number of ether oxygens (including phenoxy) is 1. The standard InChI is InChI=1S/C14H11NOS/c17-10-9-15-12-5-4-8-14(11-12)16-13-6-2-1-3-7-13/h1-11H. The second-order valence-electron chi connectivity index (χ2n) is 3.33. The topological polar surface area (TPSA) is 21.6 Å². The molecule has 84 valence electrons. The summed E-state index contributed by atoms with van der Waals surface area (Å²) in [5, 5.41) is 1.48. The molecule has 17 heavy (non-hydrogen) atoms. The SMILES string of the molecule is S=CC=Nc1cccc(Oc2ccccc2)c1. The Morgan fingerprint density at radius 2 is 1.71 bits per heavy atom. The van der Waals surface area contributed by atoms with E-state index in [2.05, 4.69) is 17.2 Å². The van der Waals surface area contributed by atoms with E-state index in [-0.39, 0.29) is 0 Å². The summed E-state index contributed by atoms with van der Waals surface area (Å²) in [6.07, 6.45) is 1.58. The van der Waals surface area contributed by atoms with E-state index >= 15 is 0 Å². The lowest BCUT2D eigenvalue weighted by molar-refractivity contribution is 0.483. The smallest absolute Gasteiger partial charge is 0.129 e. The Kier molecular flexibility index (Phi) is 4.00. The zero-order valence-corrected chi connectivity index (χ0v) is 9.93. The van der Waals surface area contributed by atoms with Gasteiger partial charge in [0.2, 0.25) is 0 Å². The predicted octanol–water partition coefficient (Wildman–Crippen LogP) is 4.18. The molecule has 0 aromatic heterocycles. The molecule has 0 aliphatic heterocycles. The average Bonchev–Trinajstić information content (AvgIpc) is 2.38. The van der Waals surface area contributed by atoms with Gasteiger partial charge in [-0.2, -0.15) is 0 Å². The van der Waals surface area contributed by atoms with Crippen LogP contribution in [-0.2, 0) is 0 Å². The van der Waals surface area contributed by atoms with Gasteiger partial charge in [-0.05, 0) is 24.3 Å². The summed E-state index contributed by atoms with van der Waals surface area (Å²) >= 11 is 4.68. The Bertz CT molecular complexity index is 523. The van der Waals surface area contributed by atoms with Crippen molar-refractivity contribution >= 4 is 29.5 Å². The normalized spacial score (nSPS) is 10.4. The zero-order valence-electron chi connectivity index (χ0n) is 9.11. The van der Waals surface area contributed by atoms with Gasteiger partial charge in [0, 0.05) is 17.6 Å². The van der Waals surface area contributed by atoms with Crippen molar-refractivity contribution in [3.8, 4) is 11.5 Å². The van der Waals surface area contributed by atoms with Gasteiger partial charge in [0.25, 0.3) is 0 Å². The van der Waals surface area contributed by atoms with Gasteiger partial charge in [0.1, 0.15) is 11.5 Å². The van der Waals surface area contributed by atoms with Crippen molar-refractivity contribution in [2.45, 2.75) is 0 Å². The number of aliphatic imine (C=N–C) groups is 1. The van der Waals surface area contributed by atoms with Crippen LogP contribution in [0.5, 0.6) is 11.5 Å². The summed E-state index contributed by atoms with van der Waals surface area (Å²) in [6.45, 7) is 0. The monoisotopic (exact) mass is 241 g/mol. The third kappa shape index (κ3) is 3.50. The first-order valence-electron chi connectivity index (χ1n) is 5.19. The van der Waals surface area contributed by atoms with Crippen molar-refractivity contribution in [1.82, 2.24) is 0 Å². The molecule has 0 atom stereocenters. The molecule has 0 fully saturated rings. The molecular formula is C14H11NOS. The average molecular weight is 241 g/mol. The molecule has 2 aromatic carbocycles. The highest BCUT2D eigenvalue weighted by Gasteiger charge is 1.96. The zero-order chi connectivity index (χ0) is 11.9. The van der Waals surface area contributed by atoms with Crippen LogP contribution in [0.1, 0.15) is 0 Å². The molecule has 0 spiro atoms. The molecule has 2 aromatic rings. The van der Waals surface area contributed by atoms with Gasteiger partial charge in [-0.1, -0.05) is 36.5 Å². The second-order valence-corrected chi connectivity index (χ2v) is 3.60. The van der Waals surface area contributed by atoms with Crippen LogP contribution in [-0.4, -0.2) is 11.6 Å². The number of rotatable bonds is 4. The highest BCUT2D eigenvalue weighted by Crippen LogP contribution is 2.24. The maximum Gasteiger partial charge on any atom is 0.129 e. The lowest BCUT2D eigenvalue weighted by Crippen LogP contribution is -1.82. The summed E-state index contributed by atoms with van der Waals surface area (Å²) in [6, 6.07) is 17.2. The van der Waals surface area contributed by atoms with Crippen LogP contribution in [0.3, 0.4) is 0 Å². The van der Waals surface area contributed by atoms with E-state index in [1.54, 1.807) is 6.21 Å². The van der Waals surface area contributed by atoms with E-state index in [1.165, 1.54) is 5.37 Å². The van der Waals surface area contributed by atoms with Gasteiger partial charge in [-0.15, -0.1) is 0 Å². The number of nitrogens with zero attached hydrogens (tertiary/aromatic N) is 1. The molecule has 0 N–H and O–H groups in total. The number of hydrogen-bond acceptors (Lipinski definition) is 3. The highest BCUT2D eigenvalue weighted by atomic mass is 32.1. The lowest BCUT2D eigenvalue weighted by Gasteiger charge is -2.05. The van der Waals surface area contributed by atoms with Crippen LogP contribution in [0.2, 0.25) is 0 Å². The Balaban J connectivity index is 2.16. The Labute approximate surface area is 106 Å². The quantitative estimate of drug-likeness (QED) is 0.591. The first-order valence-corrected chi connectivity index (χ1v) is 5.66. The number of benzene rings is 2. The molecule has 2 nitrogen and oxygen atoms in total. The molecule has 2 rings (SSSR count). The third-order valence-electron chi connectivity index (χ3n) is 2.08. The molecule has 0 heterocycles. The predicted molar refractivity (Wildman–Crippen MR) is 74.8 cm³/mol. The molecule has 0 aliphatic carbocycles. The molecule has 0 unspecified atom stereocenters. The van der Waals surface area contributed by atoms with E-state index in [0.717, 1.165) is 17.2 Å². The fraction of sp³-hybridized carbons (Fsp3) is 0. The van der Waals surface area contributed by atoms with Crippen LogP contribution in [0.4, 0.5) is 5.69 Å². The van der Waals surface area contributed by atoms with Crippen LogP contribution in [0, 0.1) is 0 Å². The van der Waals surface area contributed by atoms with Crippen LogP contribution in [0.25, 0.3) is 0 Å². The van der Waals surface area contributed by atoms with Gasteiger partial charge < -0.3 is 4.74 Å². The van der Waals surface area contributed by atoms with Gasteiger partial charge in [0.15, 0.2) is 0 Å². The van der Waals surface area contributed by atoms with Gasteiger partial charge in [-0.25, -0.2) is 0 Å². The van der Waals surface area contributed by atoms with E-state index in [4.69, 9.17) is 4.74 Å². The van der Waals surface area contributed by atoms with Crippen molar-refractivity contribution in [2.75, 3.05) is 0 Å².